The number of carbonyl (C=O) groups excluding carboxylic acids is 1. The second kappa shape index (κ2) is 5.45. The van der Waals surface area contributed by atoms with Gasteiger partial charge in [-0.15, -0.1) is 0 Å². The lowest BCUT2D eigenvalue weighted by atomic mass is 9.89. The van der Waals surface area contributed by atoms with Crippen molar-refractivity contribution in [1.29, 1.82) is 0 Å². The molecule has 0 fully saturated rings. The fraction of sp³-hybridized carbons (Fsp3) is 0.235. The number of hydrogen-bond acceptors (Lipinski definition) is 1. The average Bonchev–Trinajstić information content (AvgIpc) is 2.47. The molecule has 0 spiro atoms. The largest absolute Gasteiger partial charge is 0.289 e. The van der Waals surface area contributed by atoms with Crippen molar-refractivity contribution < 1.29 is 4.79 Å². The molecule has 1 aliphatic rings. The minimum atomic E-state index is 0.129. The number of aryl methyl sites for hydroxylation is 2. The summed E-state index contributed by atoms with van der Waals surface area (Å²) in [5, 5.41) is 0. The molecule has 0 unspecified atom stereocenters. The van der Waals surface area contributed by atoms with E-state index in [1.807, 2.05) is 30.3 Å². The summed E-state index contributed by atoms with van der Waals surface area (Å²) in [4.78, 5) is 12.4. The smallest absolute Gasteiger partial charge is 0.193 e. The van der Waals surface area contributed by atoms with Crippen LogP contribution in [0.2, 0.25) is 0 Å². The first-order valence-corrected chi connectivity index (χ1v) is 7.74. The quantitative estimate of drug-likeness (QED) is 0.572. The number of carbonyl (C=O) groups is 1. The number of ketones is 1. The molecule has 1 nitrogen and oxygen atoms in total. The van der Waals surface area contributed by atoms with E-state index in [0.717, 1.165) is 27.5 Å². The maximum absolute atomic E-state index is 12.4. The Morgan fingerprint density at radius 3 is 2.21 bits per heavy atom. The number of halogens is 1. The number of benzene rings is 2. The Bertz CT molecular complexity index is 614. The summed E-state index contributed by atoms with van der Waals surface area (Å²) in [6.07, 6.45) is 4.79. The molecule has 0 aliphatic heterocycles. The minimum absolute atomic E-state index is 0.129. The molecule has 1 aliphatic carbocycles. The molecule has 0 saturated carbocycles. The maximum atomic E-state index is 12.4. The van der Waals surface area contributed by atoms with Crippen molar-refractivity contribution in [2.24, 2.45) is 0 Å². The minimum Gasteiger partial charge on any atom is -0.289 e. The lowest BCUT2D eigenvalue weighted by molar-refractivity contribution is 0.103. The van der Waals surface area contributed by atoms with Crippen LogP contribution in [0.5, 0.6) is 0 Å². The Labute approximate surface area is 127 Å². The van der Waals surface area contributed by atoms with Crippen LogP contribution in [0.15, 0.2) is 42.5 Å². The van der Waals surface area contributed by atoms with Gasteiger partial charge in [0.25, 0.3) is 0 Å². The van der Waals surface area contributed by atoms with Gasteiger partial charge in [0, 0.05) is 14.7 Å². The monoisotopic (exact) mass is 362 g/mol. The van der Waals surface area contributed by atoms with Crippen LogP contribution in [0, 0.1) is 3.57 Å². The normalized spacial score (nSPS) is 13.9. The highest BCUT2D eigenvalue weighted by molar-refractivity contribution is 14.1. The zero-order valence-corrected chi connectivity index (χ0v) is 12.8. The third kappa shape index (κ3) is 2.73. The molecule has 0 N–H and O–H groups in total. The van der Waals surface area contributed by atoms with Gasteiger partial charge >= 0.3 is 0 Å². The molecule has 0 aromatic heterocycles. The summed E-state index contributed by atoms with van der Waals surface area (Å²) in [5.41, 5.74) is 4.38. The van der Waals surface area contributed by atoms with Crippen molar-refractivity contribution in [3.63, 3.8) is 0 Å². The van der Waals surface area contributed by atoms with Gasteiger partial charge in [-0.05, 0) is 89.7 Å². The van der Waals surface area contributed by atoms with Crippen molar-refractivity contribution in [1.82, 2.24) is 0 Å². The Morgan fingerprint density at radius 2 is 1.47 bits per heavy atom. The van der Waals surface area contributed by atoms with E-state index in [9.17, 15) is 4.79 Å². The molecule has 2 aromatic carbocycles. The second-order valence-electron chi connectivity index (χ2n) is 5.03. The Hall–Kier alpha value is -1.16. The zero-order chi connectivity index (χ0) is 13.2. The van der Waals surface area contributed by atoms with Gasteiger partial charge in [0.05, 0.1) is 0 Å². The van der Waals surface area contributed by atoms with Gasteiger partial charge in [0.1, 0.15) is 0 Å². The Morgan fingerprint density at radius 1 is 0.842 bits per heavy atom. The van der Waals surface area contributed by atoms with E-state index in [1.54, 1.807) is 0 Å². The predicted molar refractivity (Wildman–Crippen MR) is 85.7 cm³/mol. The van der Waals surface area contributed by atoms with Crippen LogP contribution in [0.25, 0.3) is 0 Å². The van der Waals surface area contributed by atoms with Crippen molar-refractivity contribution in [2.75, 3.05) is 0 Å². The molecule has 96 valence electrons. The maximum Gasteiger partial charge on any atom is 0.193 e. The Kier molecular flexibility index (Phi) is 3.69. The van der Waals surface area contributed by atoms with Crippen molar-refractivity contribution in [3.05, 3.63) is 68.3 Å². The van der Waals surface area contributed by atoms with E-state index in [-0.39, 0.29) is 5.78 Å². The topological polar surface area (TPSA) is 17.1 Å². The molecule has 2 aromatic rings. The summed E-state index contributed by atoms with van der Waals surface area (Å²) in [7, 11) is 0. The third-order valence-electron chi connectivity index (χ3n) is 3.72. The third-order valence-corrected chi connectivity index (χ3v) is 4.44. The van der Waals surface area contributed by atoms with E-state index in [2.05, 4.69) is 34.7 Å². The number of fused-ring (bicyclic) bond motifs is 1. The highest BCUT2D eigenvalue weighted by atomic mass is 127. The summed E-state index contributed by atoms with van der Waals surface area (Å²) >= 11 is 2.25. The van der Waals surface area contributed by atoms with Gasteiger partial charge in [0.2, 0.25) is 0 Å². The first kappa shape index (κ1) is 12.9. The molecule has 19 heavy (non-hydrogen) atoms. The van der Waals surface area contributed by atoms with Crippen LogP contribution in [0.3, 0.4) is 0 Å². The molecule has 2 heteroatoms. The van der Waals surface area contributed by atoms with Crippen molar-refractivity contribution in [3.8, 4) is 0 Å². The fourth-order valence-electron chi connectivity index (χ4n) is 2.64. The lowest BCUT2D eigenvalue weighted by Crippen LogP contribution is -2.07. The van der Waals surface area contributed by atoms with Gasteiger partial charge in [0.15, 0.2) is 5.78 Å². The summed E-state index contributed by atoms with van der Waals surface area (Å²) in [6.45, 7) is 0. The SMILES string of the molecule is O=C(c1ccc(I)cc1)c1ccc2c(c1)CCCC2. The summed E-state index contributed by atoms with van der Waals surface area (Å²) < 4.78 is 1.15. The van der Waals surface area contributed by atoms with E-state index < -0.39 is 0 Å². The average molecular weight is 362 g/mol. The van der Waals surface area contributed by atoms with Crippen molar-refractivity contribution >= 4 is 28.4 Å². The molecule has 0 radical (unpaired) electrons. The van der Waals surface area contributed by atoms with Gasteiger partial charge < -0.3 is 0 Å². The highest BCUT2D eigenvalue weighted by Crippen LogP contribution is 2.23. The second-order valence-corrected chi connectivity index (χ2v) is 6.27. The van der Waals surface area contributed by atoms with Gasteiger partial charge in [-0.3, -0.25) is 4.79 Å². The predicted octanol–water partition coefficient (Wildman–Crippen LogP) is 4.40. The summed E-state index contributed by atoms with van der Waals surface area (Å²) in [6, 6.07) is 14.0. The molecule has 0 atom stereocenters. The van der Waals surface area contributed by atoms with Crippen LogP contribution in [0.4, 0.5) is 0 Å². The first-order chi connectivity index (χ1) is 9.24. The van der Waals surface area contributed by atoms with Crippen LogP contribution < -0.4 is 0 Å². The van der Waals surface area contributed by atoms with E-state index >= 15 is 0 Å². The van der Waals surface area contributed by atoms with Crippen LogP contribution in [0.1, 0.15) is 39.9 Å². The van der Waals surface area contributed by atoms with Gasteiger partial charge in [-0.25, -0.2) is 0 Å². The standard InChI is InChI=1S/C17H15IO/c18-16-9-7-13(8-10-16)17(19)15-6-5-12-3-1-2-4-14(12)11-15/h5-11H,1-4H2. The van der Waals surface area contributed by atoms with Crippen molar-refractivity contribution in [2.45, 2.75) is 25.7 Å². The summed E-state index contributed by atoms with van der Waals surface area (Å²) in [5.74, 6) is 0.129. The van der Waals surface area contributed by atoms with Crippen LogP contribution in [-0.4, -0.2) is 5.78 Å². The van der Waals surface area contributed by atoms with Crippen LogP contribution >= 0.6 is 22.6 Å². The molecule has 3 rings (SSSR count). The highest BCUT2D eigenvalue weighted by Gasteiger charge is 2.14. The molecule has 0 bridgehead atoms. The molecule has 0 amide bonds. The van der Waals surface area contributed by atoms with Gasteiger partial charge in [-0.1, -0.05) is 12.1 Å². The van der Waals surface area contributed by atoms with Gasteiger partial charge in [-0.2, -0.15) is 0 Å². The molecular formula is C17H15IO. The lowest BCUT2D eigenvalue weighted by Gasteiger charge is -2.16. The molecular weight excluding hydrogens is 347 g/mol. The Balaban J connectivity index is 1.93. The molecule has 0 heterocycles. The molecule has 0 saturated heterocycles. The zero-order valence-electron chi connectivity index (χ0n) is 10.7. The number of hydrogen-bond donors (Lipinski definition) is 0. The van der Waals surface area contributed by atoms with E-state index in [1.165, 1.54) is 24.0 Å². The fourth-order valence-corrected chi connectivity index (χ4v) is 3.00. The van der Waals surface area contributed by atoms with Crippen LogP contribution in [-0.2, 0) is 12.8 Å². The van der Waals surface area contributed by atoms with E-state index in [4.69, 9.17) is 0 Å². The first-order valence-electron chi connectivity index (χ1n) is 6.66. The van der Waals surface area contributed by atoms with E-state index in [0.29, 0.717) is 0 Å². The number of rotatable bonds is 2.